The lowest BCUT2D eigenvalue weighted by atomic mass is 10.1. The fraction of sp³-hybridized carbons (Fsp3) is 0.0526. The minimum Gasteiger partial charge on any atom is -0.282 e. The van der Waals surface area contributed by atoms with Crippen molar-refractivity contribution in [3.63, 3.8) is 0 Å². The first kappa shape index (κ1) is 16.4. The number of nitrogens with one attached hydrogen (secondary N) is 1. The van der Waals surface area contributed by atoms with Gasteiger partial charge in [0.2, 0.25) is 0 Å². The first-order valence-electron chi connectivity index (χ1n) is 7.49. The van der Waals surface area contributed by atoms with Crippen molar-refractivity contribution in [2.45, 2.75) is 11.5 Å². The van der Waals surface area contributed by atoms with Gasteiger partial charge in [-0.15, -0.1) is 0 Å². The van der Waals surface area contributed by atoms with Crippen LogP contribution in [-0.2, 0) is 21.5 Å². The van der Waals surface area contributed by atoms with Gasteiger partial charge >= 0.3 is 0 Å². The summed E-state index contributed by atoms with van der Waals surface area (Å²) in [5.74, 6) is 0. The molecule has 0 spiro atoms. The van der Waals surface area contributed by atoms with Crippen molar-refractivity contribution in [1.82, 2.24) is 4.89 Å². The van der Waals surface area contributed by atoms with E-state index in [1.165, 1.54) is 0 Å². The molecular formula is C19H17NO3S. The average Bonchev–Trinajstić information content (AvgIpc) is 2.63. The first-order valence-corrected chi connectivity index (χ1v) is 8.97. The molecule has 0 fully saturated rings. The molecule has 0 saturated heterocycles. The smallest absolute Gasteiger partial charge is 0.263 e. The zero-order valence-corrected chi connectivity index (χ0v) is 13.7. The van der Waals surface area contributed by atoms with Gasteiger partial charge in [-0.25, -0.2) is 8.42 Å². The maximum atomic E-state index is 12.6. The Kier molecular flexibility index (Phi) is 5.05. The Balaban J connectivity index is 1.80. The normalized spacial score (nSPS) is 11.3. The van der Waals surface area contributed by atoms with E-state index in [2.05, 4.69) is 4.89 Å². The molecule has 4 nitrogen and oxygen atoms in total. The third-order valence-electron chi connectivity index (χ3n) is 3.51. The Morgan fingerprint density at radius 2 is 1.33 bits per heavy atom. The van der Waals surface area contributed by atoms with Gasteiger partial charge in [0.25, 0.3) is 10.0 Å². The van der Waals surface area contributed by atoms with Gasteiger partial charge in [0.1, 0.15) is 0 Å². The largest absolute Gasteiger partial charge is 0.282 e. The lowest BCUT2D eigenvalue weighted by molar-refractivity contribution is 0.0795. The van der Waals surface area contributed by atoms with Crippen LogP contribution in [0.4, 0.5) is 0 Å². The molecule has 24 heavy (non-hydrogen) atoms. The monoisotopic (exact) mass is 339 g/mol. The summed E-state index contributed by atoms with van der Waals surface area (Å²) in [6.45, 7) is 0.160. The topological polar surface area (TPSA) is 55.4 Å². The molecule has 122 valence electrons. The van der Waals surface area contributed by atoms with Crippen LogP contribution in [-0.4, -0.2) is 8.42 Å². The van der Waals surface area contributed by atoms with Gasteiger partial charge in [0.05, 0.1) is 11.5 Å². The van der Waals surface area contributed by atoms with E-state index in [0.717, 1.165) is 11.1 Å². The van der Waals surface area contributed by atoms with Gasteiger partial charge in [-0.1, -0.05) is 83.7 Å². The van der Waals surface area contributed by atoms with E-state index in [-0.39, 0.29) is 11.5 Å². The van der Waals surface area contributed by atoms with Crippen LogP contribution in [0.1, 0.15) is 5.56 Å². The van der Waals surface area contributed by atoms with Crippen LogP contribution >= 0.6 is 0 Å². The van der Waals surface area contributed by atoms with Crippen LogP contribution in [0.25, 0.3) is 11.1 Å². The Labute approximate surface area is 141 Å². The SMILES string of the molecule is O=S(=O)(NOCc1ccccc1)c1ccccc1-c1ccccc1. The summed E-state index contributed by atoms with van der Waals surface area (Å²) in [4.78, 5) is 7.58. The molecule has 0 radical (unpaired) electrons. The predicted molar refractivity (Wildman–Crippen MR) is 93.4 cm³/mol. The van der Waals surface area contributed by atoms with Crippen molar-refractivity contribution in [3.05, 3.63) is 90.5 Å². The fourth-order valence-electron chi connectivity index (χ4n) is 2.37. The van der Waals surface area contributed by atoms with Gasteiger partial charge < -0.3 is 0 Å². The van der Waals surface area contributed by atoms with Crippen LogP contribution in [0.3, 0.4) is 0 Å². The van der Waals surface area contributed by atoms with Gasteiger partial charge in [-0.3, -0.25) is 4.84 Å². The van der Waals surface area contributed by atoms with Crippen molar-refractivity contribution < 1.29 is 13.3 Å². The van der Waals surface area contributed by atoms with Crippen molar-refractivity contribution >= 4 is 10.0 Å². The average molecular weight is 339 g/mol. The zero-order chi connectivity index (χ0) is 16.8. The fourth-order valence-corrected chi connectivity index (χ4v) is 3.40. The maximum Gasteiger partial charge on any atom is 0.263 e. The molecule has 0 aromatic heterocycles. The summed E-state index contributed by atoms with van der Waals surface area (Å²) in [6, 6.07) is 25.6. The third kappa shape index (κ3) is 3.89. The summed E-state index contributed by atoms with van der Waals surface area (Å²) in [5, 5.41) is 0. The summed E-state index contributed by atoms with van der Waals surface area (Å²) in [6.07, 6.45) is 0. The van der Waals surface area contributed by atoms with E-state index < -0.39 is 10.0 Å². The van der Waals surface area contributed by atoms with E-state index >= 15 is 0 Å². The van der Waals surface area contributed by atoms with E-state index in [1.54, 1.807) is 18.2 Å². The molecule has 0 saturated carbocycles. The minimum atomic E-state index is -3.78. The maximum absolute atomic E-state index is 12.6. The number of rotatable bonds is 6. The molecule has 3 aromatic rings. The Hall–Kier alpha value is -2.47. The molecule has 0 heterocycles. The number of benzene rings is 3. The van der Waals surface area contributed by atoms with Crippen LogP contribution in [0.5, 0.6) is 0 Å². The molecule has 0 aliphatic rings. The number of sulfonamides is 1. The molecule has 5 heteroatoms. The molecule has 3 aromatic carbocycles. The van der Waals surface area contributed by atoms with Gasteiger partial charge in [-0.2, -0.15) is 0 Å². The lowest BCUT2D eigenvalue weighted by Gasteiger charge is -2.11. The standard InChI is InChI=1S/C19H17NO3S/c21-24(22,20-23-15-16-9-3-1-4-10-16)19-14-8-7-13-18(19)17-11-5-2-6-12-17/h1-14,20H,15H2. The third-order valence-corrected chi connectivity index (χ3v) is 4.78. The predicted octanol–water partition coefficient (Wildman–Crippen LogP) is 3.76. The van der Waals surface area contributed by atoms with Crippen LogP contribution in [0, 0.1) is 0 Å². The van der Waals surface area contributed by atoms with Gasteiger partial charge in [-0.05, 0) is 17.2 Å². The molecule has 1 N–H and O–H groups in total. The van der Waals surface area contributed by atoms with Gasteiger partial charge in [0.15, 0.2) is 0 Å². The van der Waals surface area contributed by atoms with Crippen LogP contribution in [0.15, 0.2) is 89.8 Å². The van der Waals surface area contributed by atoms with Crippen molar-refractivity contribution in [2.75, 3.05) is 0 Å². The van der Waals surface area contributed by atoms with Crippen molar-refractivity contribution in [3.8, 4) is 11.1 Å². The lowest BCUT2D eigenvalue weighted by Crippen LogP contribution is -2.24. The summed E-state index contributed by atoms with van der Waals surface area (Å²) in [5.41, 5.74) is 2.35. The summed E-state index contributed by atoms with van der Waals surface area (Å²) >= 11 is 0. The van der Waals surface area contributed by atoms with Gasteiger partial charge in [0, 0.05) is 5.56 Å². The van der Waals surface area contributed by atoms with Crippen LogP contribution in [0.2, 0.25) is 0 Å². The molecular weight excluding hydrogens is 322 g/mol. The van der Waals surface area contributed by atoms with E-state index in [1.807, 2.05) is 66.7 Å². The summed E-state index contributed by atoms with van der Waals surface area (Å²) in [7, 11) is -3.78. The second kappa shape index (κ2) is 7.40. The molecule has 0 bridgehead atoms. The van der Waals surface area contributed by atoms with Crippen molar-refractivity contribution in [2.24, 2.45) is 0 Å². The highest BCUT2D eigenvalue weighted by molar-refractivity contribution is 7.89. The highest BCUT2D eigenvalue weighted by Gasteiger charge is 2.19. The molecule has 0 amide bonds. The highest BCUT2D eigenvalue weighted by Crippen LogP contribution is 2.26. The van der Waals surface area contributed by atoms with E-state index in [0.29, 0.717) is 5.56 Å². The van der Waals surface area contributed by atoms with E-state index in [9.17, 15) is 8.42 Å². The quantitative estimate of drug-likeness (QED) is 0.696. The number of hydrogen-bond acceptors (Lipinski definition) is 3. The summed E-state index contributed by atoms with van der Waals surface area (Å²) < 4.78 is 25.2. The molecule has 0 unspecified atom stereocenters. The second-order valence-corrected chi connectivity index (χ2v) is 6.84. The number of hydrogen-bond donors (Lipinski definition) is 1. The zero-order valence-electron chi connectivity index (χ0n) is 12.9. The molecule has 3 rings (SSSR count). The molecule has 0 atom stereocenters. The van der Waals surface area contributed by atoms with Crippen LogP contribution < -0.4 is 4.89 Å². The second-order valence-electron chi connectivity index (χ2n) is 5.22. The minimum absolute atomic E-state index is 0.160. The van der Waals surface area contributed by atoms with E-state index in [4.69, 9.17) is 4.84 Å². The Bertz CT molecular complexity index is 894. The molecule has 0 aliphatic heterocycles. The Morgan fingerprint density at radius 1 is 0.750 bits per heavy atom. The first-order chi connectivity index (χ1) is 11.7. The Morgan fingerprint density at radius 3 is 2.04 bits per heavy atom. The van der Waals surface area contributed by atoms with Crippen molar-refractivity contribution in [1.29, 1.82) is 0 Å². The molecule has 0 aliphatic carbocycles. The highest BCUT2D eigenvalue weighted by atomic mass is 32.2.